The fourth-order valence-corrected chi connectivity index (χ4v) is 4.41. The number of amides is 1. The highest BCUT2D eigenvalue weighted by atomic mass is 32.2. The number of carbonyl (C=O) groups is 1. The number of rotatable bonds is 5. The molecule has 2 aromatic heterocycles. The van der Waals surface area contributed by atoms with Gasteiger partial charge in [0.15, 0.2) is 0 Å². The number of aryl methyl sites for hydroxylation is 2. The number of nitrogens with one attached hydrogen (secondary N) is 2. The molecule has 146 valence electrons. The Hall–Kier alpha value is -2.30. The maximum Gasteiger partial charge on any atom is 0.280 e. The lowest BCUT2D eigenvalue weighted by atomic mass is 10.00. The van der Waals surface area contributed by atoms with Crippen molar-refractivity contribution in [2.75, 3.05) is 7.05 Å². The summed E-state index contributed by atoms with van der Waals surface area (Å²) in [4.78, 5) is 16.9. The lowest BCUT2D eigenvalue weighted by Gasteiger charge is -2.36. The number of hydrogen-bond donors (Lipinski definition) is 2. The molecule has 2 atom stereocenters. The molecule has 3 heterocycles. The first-order valence-corrected chi connectivity index (χ1v) is 10.2. The maximum absolute atomic E-state index is 12.7. The molecule has 10 heteroatoms. The fraction of sp³-hybridized carbons (Fsp3) is 0.471. The Labute approximate surface area is 159 Å². The quantitative estimate of drug-likeness (QED) is 0.770. The first kappa shape index (κ1) is 19.5. The van der Waals surface area contributed by atoms with Gasteiger partial charge in [0.2, 0.25) is 5.91 Å². The van der Waals surface area contributed by atoms with Gasteiger partial charge in [-0.3, -0.25) is 14.5 Å². The summed E-state index contributed by atoms with van der Waals surface area (Å²) >= 11 is 0. The zero-order valence-electron chi connectivity index (χ0n) is 15.6. The number of aromatic nitrogens is 3. The van der Waals surface area contributed by atoms with Crippen LogP contribution in [0.1, 0.15) is 36.3 Å². The Kier molecular flexibility index (Phi) is 5.59. The van der Waals surface area contributed by atoms with Crippen molar-refractivity contribution in [3.05, 3.63) is 47.5 Å². The first-order valence-electron chi connectivity index (χ1n) is 8.78. The fourth-order valence-electron chi connectivity index (χ4n) is 3.15. The van der Waals surface area contributed by atoms with Gasteiger partial charge in [-0.15, -0.1) is 0 Å². The normalized spacial score (nSPS) is 22.5. The molecule has 1 aliphatic heterocycles. The molecular weight excluding hydrogens is 368 g/mol. The van der Waals surface area contributed by atoms with Gasteiger partial charge in [0, 0.05) is 31.5 Å². The molecule has 1 amide bonds. The topological polar surface area (TPSA) is 109 Å². The Balaban J connectivity index is 1.78. The second kappa shape index (κ2) is 7.75. The molecule has 0 aromatic carbocycles. The van der Waals surface area contributed by atoms with Crippen molar-refractivity contribution in [3.8, 4) is 0 Å². The van der Waals surface area contributed by atoms with E-state index < -0.39 is 22.3 Å². The first-order chi connectivity index (χ1) is 12.8. The number of nitrogens with zero attached hydrogens (tertiary/aromatic N) is 4. The highest BCUT2D eigenvalue weighted by Gasteiger charge is 2.41. The Morgan fingerprint density at radius 3 is 2.81 bits per heavy atom. The Bertz CT molecular complexity index is 912. The summed E-state index contributed by atoms with van der Waals surface area (Å²) in [5, 5.41) is 7.16. The Morgan fingerprint density at radius 1 is 1.41 bits per heavy atom. The lowest BCUT2D eigenvalue weighted by Crippen LogP contribution is -2.57. The van der Waals surface area contributed by atoms with Crippen LogP contribution in [0.4, 0.5) is 0 Å². The highest BCUT2D eigenvalue weighted by molar-refractivity contribution is 7.87. The molecule has 0 spiro atoms. The standard InChI is InChI=1S/C17H24N6O3S/c1-4-23-11-14(12(2)20-23)15-9-16(22(3)27(25,26)21-15)17(24)19-10-13-7-5-6-8-18-13/h5-8,11,15-16,21H,4,9-10H2,1-3H3,(H,19,24). The van der Waals surface area contributed by atoms with Gasteiger partial charge in [-0.25, -0.2) is 0 Å². The van der Waals surface area contributed by atoms with Crippen molar-refractivity contribution in [1.29, 1.82) is 0 Å². The van der Waals surface area contributed by atoms with Crippen LogP contribution < -0.4 is 10.0 Å². The van der Waals surface area contributed by atoms with E-state index in [9.17, 15) is 13.2 Å². The SMILES string of the molecule is CCn1cc(C2CC(C(=O)NCc3ccccn3)N(C)S(=O)(=O)N2)c(C)n1. The van der Waals surface area contributed by atoms with Crippen LogP contribution in [0.15, 0.2) is 30.6 Å². The van der Waals surface area contributed by atoms with Crippen LogP contribution in [0.5, 0.6) is 0 Å². The number of likely N-dealkylation sites (N-methyl/N-ethyl adjacent to an activating group) is 1. The van der Waals surface area contributed by atoms with E-state index in [1.807, 2.05) is 26.1 Å². The molecule has 1 aliphatic rings. The van der Waals surface area contributed by atoms with Crippen molar-refractivity contribution in [1.82, 2.24) is 29.1 Å². The van der Waals surface area contributed by atoms with E-state index in [4.69, 9.17) is 0 Å². The summed E-state index contributed by atoms with van der Waals surface area (Å²) < 4.78 is 30.6. The molecule has 0 saturated carbocycles. The number of pyridine rings is 1. The van der Waals surface area contributed by atoms with Crippen LogP contribution >= 0.6 is 0 Å². The van der Waals surface area contributed by atoms with Crippen LogP contribution in [-0.2, 0) is 28.1 Å². The van der Waals surface area contributed by atoms with Crippen molar-refractivity contribution >= 4 is 16.1 Å². The summed E-state index contributed by atoms with van der Waals surface area (Å²) in [6.07, 6.45) is 3.80. The number of hydrogen-bond acceptors (Lipinski definition) is 5. The second-order valence-electron chi connectivity index (χ2n) is 6.51. The molecule has 3 rings (SSSR count). The molecule has 2 aromatic rings. The molecule has 0 bridgehead atoms. The van der Waals surface area contributed by atoms with E-state index >= 15 is 0 Å². The molecule has 27 heavy (non-hydrogen) atoms. The largest absolute Gasteiger partial charge is 0.349 e. The van der Waals surface area contributed by atoms with Crippen molar-refractivity contribution in [3.63, 3.8) is 0 Å². The van der Waals surface area contributed by atoms with Gasteiger partial charge in [0.05, 0.1) is 24.0 Å². The molecular formula is C17H24N6O3S. The maximum atomic E-state index is 12.7. The number of carbonyl (C=O) groups excluding carboxylic acids is 1. The molecule has 2 N–H and O–H groups in total. The molecule has 9 nitrogen and oxygen atoms in total. The molecule has 0 radical (unpaired) electrons. The van der Waals surface area contributed by atoms with Gasteiger partial charge in [-0.05, 0) is 32.4 Å². The molecule has 1 fully saturated rings. The molecule has 1 saturated heterocycles. The van der Waals surface area contributed by atoms with Crippen LogP contribution in [-0.4, -0.2) is 46.5 Å². The summed E-state index contributed by atoms with van der Waals surface area (Å²) in [6, 6.07) is 4.11. The van der Waals surface area contributed by atoms with Crippen LogP contribution in [0.3, 0.4) is 0 Å². The van der Waals surface area contributed by atoms with Gasteiger partial charge in [-0.2, -0.15) is 22.5 Å². The third-order valence-electron chi connectivity index (χ3n) is 4.72. The van der Waals surface area contributed by atoms with E-state index in [-0.39, 0.29) is 12.5 Å². The van der Waals surface area contributed by atoms with Gasteiger partial charge in [-0.1, -0.05) is 6.07 Å². The van der Waals surface area contributed by atoms with E-state index in [0.717, 1.165) is 15.6 Å². The zero-order valence-corrected chi connectivity index (χ0v) is 16.4. The van der Waals surface area contributed by atoms with Crippen molar-refractivity contribution < 1.29 is 13.2 Å². The third kappa shape index (κ3) is 4.18. The lowest BCUT2D eigenvalue weighted by molar-refractivity contribution is -0.125. The monoisotopic (exact) mass is 392 g/mol. The average Bonchev–Trinajstić information content (AvgIpc) is 3.03. The minimum atomic E-state index is -3.78. The van der Waals surface area contributed by atoms with Crippen LogP contribution in [0.2, 0.25) is 0 Å². The predicted molar refractivity (Wildman–Crippen MR) is 99.7 cm³/mol. The van der Waals surface area contributed by atoms with Crippen molar-refractivity contribution in [2.24, 2.45) is 0 Å². The average molecular weight is 392 g/mol. The van der Waals surface area contributed by atoms with Gasteiger partial charge in [0.25, 0.3) is 10.2 Å². The molecule has 0 aliphatic carbocycles. The van der Waals surface area contributed by atoms with Gasteiger partial charge < -0.3 is 5.32 Å². The summed E-state index contributed by atoms with van der Waals surface area (Å²) in [5.74, 6) is -0.348. The minimum absolute atomic E-state index is 0.245. The minimum Gasteiger partial charge on any atom is -0.349 e. The predicted octanol–water partition coefficient (Wildman–Crippen LogP) is 0.502. The smallest absolute Gasteiger partial charge is 0.280 e. The van der Waals surface area contributed by atoms with E-state index in [1.165, 1.54) is 7.05 Å². The van der Waals surface area contributed by atoms with Gasteiger partial charge >= 0.3 is 0 Å². The molecule has 2 unspecified atom stereocenters. The van der Waals surface area contributed by atoms with E-state index in [1.54, 1.807) is 23.0 Å². The van der Waals surface area contributed by atoms with E-state index in [0.29, 0.717) is 18.7 Å². The zero-order chi connectivity index (χ0) is 19.6. The second-order valence-corrected chi connectivity index (χ2v) is 8.27. The summed E-state index contributed by atoms with van der Waals surface area (Å²) in [5.41, 5.74) is 2.25. The Morgan fingerprint density at radius 2 is 2.19 bits per heavy atom. The van der Waals surface area contributed by atoms with E-state index in [2.05, 4.69) is 20.1 Å². The third-order valence-corrected chi connectivity index (χ3v) is 6.32. The highest BCUT2D eigenvalue weighted by Crippen LogP contribution is 2.29. The van der Waals surface area contributed by atoms with Gasteiger partial charge in [0.1, 0.15) is 6.04 Å². The van der Waals surface area contributed by atoms with Crippen molar-refractivity contribution in [2.45, 2.75) is 45.4 Å². The van der Waals surface area contributed by atoms with Crippen LogP contribution in [0, 0.1) is 6.92 Å². The summed E-state index contributed by atoms with van der Waals surface area (Å²) in [6.45, 7) is 4.73. The van der Waals surface area contributed by atoms with Crippen LogP contribution in [0.25, 0.3) is 0 Å². The summed E-state index contributed by atoms with van der Waals surface area (Å²) in [7, 11) is -2.37.